The lowest BCUT2D eigenvalue weighted by Crippen LogP contribution is -2.63. The molecule has 0 aliphatic heterocycles. The van der Waals surface area contributed by atoms with Crippen LogP contribution in [0.1, 0.15) is 67.7 Å². The van der Waals surface area contributed by atoms with Gasteiger partial charge in [-0.2, -0.15) is 0 Å². The molecule has 0 atom stereocenters. The fraction of sp³-hybridized carbons (Fsp3) is 1.00. The van der Waals surface area contributed by atoms with Gasteiger partial charge in [0.25, 0.3) is 0 Å². The molecule has 16 heavy (non-hydrogen) atoms. The molecular weight excluding hydrogens is 196 g/mol. The molecular formula is C15H30O. The Morgan fingerprint density at radius 3 is 1.56 bits per heavy atom. The van der Waals surface area contributed by atoms with Crippen molar-refractivity contribution in [2.24, 2.45) is 16.2 Å². The van der Waals surface area contributed by atoms with Crippen LogP contribution in [0.2, 0.25) is 0 Å². The van der Waals surface area contributed by atoms with Gasteiger partial charge in [-0.3, -0.25) is 0 Å². The minimum Gasteiger partial charge on any atom is -0.378 e. The van der Waals surface area contributed by atoms with Crippen molar-refractivity contribution >= 4 is 0 Å². The van der Waals surface area contributed by atoms with Crippen molar-refractivity contribution in [1.82, 2.24) is 0 Å². The molecule has 0 aromatic heterocycles. The fourth-order valence-electron chi connectivity index (χ4n) is 3.33. The lowest BCUT2D eigenvalue weighted by molar-refractivity contribution is -0.238. The third kappa shape index (κ3) is 1.81. The van der Waals surface area contributed by atoms with Crippen LogP contribution in [0.25, 0.3) is 0 Å². The molecule has 0 aromatic rings. The zero-order valence-electron chi connectivity index (χ0n) is 12.5. The van der Waals surface area contributed by atoms with Gasteiger partial charge in [0.1, 0.15) is 0 Å². The maximum atomic E-state index is 5.89. The Balaban J connectivity index is 2.92. The Kier molecular flexibility index (Phi) is 3.27. The van der Waals surface area contributed by atoms with E-state index in [0.29, 0.717) is 10.8 Å². The Hall–Kier alpha value is -0.0400. The minimum atomic E-state index is 0.0935. The van der Waals surface area contributed by atoms with Gasteiger partial charge in [-0.1, -0.05) is 48.5 Å². The Morgan fingerprint density at radius 2 is 1.38 bits per heavy atom. The van der Waals surface area contributed by atoms with Crippen LogP contribution in [0.4, 0.5) is 0 Å². The van der Waals surface area contributed by atoms with Crippen molar-refractivity contribution in [2.45, 2.75) is 73.3 Å². The number of hydrogen-bond donors (Lipinski definition) is 0. The highest BCUT2D eigenvalue weighted by atomic mass is 16.5. The van der Waals surface area contributed by atoms with Crippen LogP contribution in [0.5, 0.6) is 0 Å². The first kappa shape index (κ1) is 14.0. The summed E-state index contributed by atoms with van der Waals surface area (Å²) in [7, 11) is 1.88. The van der Waals surface area contributed by atoms with Gasteiger partial charge >= 0.3 is 0 Å². The first-order chi connectivity index (χ1) is 7.04. The maximum Gasteiger partial charge on any atom is 0.0737 e. The maximum absolute atomic E-state index is 5.89. The van der Waals surface area contributed by atoms with Crippen molar-refractivity contribution in [3.05, 3.63) is 0 Å². The molecule has 0 amide bonds. The second kappa shape index (κ2) is 3.73. The topological polar surface area (TPSA) is 9.23 Å². The zero-order valence-corrected chi connectivity index (χ0v) is 12.5. The molecule has 1 aliphatic rings. The lowest BCUT2D eigenvalue weighted by Gasteiger charge is -2.65. The summed E-state index contributed by atoms with van der Waals surface area (Å²) in [6.45, 7) is 16.4. The molecule has 0 aromatic carbocycles. The predicted molar refractivity (Wildman–Crippen MR) is 70.6 cm³/mol. The quantitative estimate of drug-likeness (QED) is 0.665. The van der Waals surface area contributed by atoms with Crippen LogP contribution in [-0.4, -0.2) is 12.7 Å². The van der Waals surface area contributed by atoms with Crippen molar-refractivity contribution < 1.29 is 4.74 Å². The van der Waals surface area contributed by atoms with E-state index in [1.165, 1.54) is 19.3 Å². The SMILES string of the molecule is CCC1(C(C)(C)C)CC(OC)(C(C)(C)C)C1. The highest BCUT2D eigenvalue weighted by Gasteiger charge is 2.62. The average molecular weight is 226 g/mol. The third-order valence-corrected chi connectivity index (χ3v) is 5.27. The van der Waals surface area contributed by atoms with Crippen molar-refractivity contribution in [3.8, 4) is 0 Å². The van der Waals surface area contributed by atoms with E-state index in [2.05, 4.69) is 48.5 Å². The summed E-state index contributed by atoms with van der Waals surface area (Å²) in [5, 5.41) is 0. The van der Waals surface area contributed by atoms with Gasteiger partial charge in [0.15, 0.2) is 0 Å². The van der Waals surface area contributed by atoms with Gasteiger partial charge in [-0.15, -0.1) is 0 Å². The molecule has 1 aliphatic carbocycles. The predicted octanol–water partition coefficient (Wildman–Crippen LogP) is 4.65. The largest absolute Gasteiger partial charge is 0.378 e. The van der Waals surface area contributed by atoms with Crippen LogP contribution >= 0.6 is 0 Å². The number of ether oxygens (including phenoxy) is 1. The number of methoxy groups -OCH3 is 1. The summed E-state index contributed by atoms with van der Waals surface area (Å²) >= 11 is 0. The van der Waals surface area contributed by atoms with E-state index in [-0.39, 0.29) is 11.0 Å². The monoisotopic (exact) mass is 226 g/mol. The second-order valence-electron chi connectivity index (χ2n) is 7.69. The van der Waals surface area contributed by atoms with Crippen LogP contribution in [0, 0.1) is 16.2 Å². The third-order valence-electron chi connectivity index (χ3n) is 5.27. The molecule has 0 bridgehead atoms. The average Bonchev–Trinajstić information content (AvgIpc) is 1.99. The smallest absolute Gasteiger partial charge is 0.0737 e. The highest BCUT2D eigenvalue weighted by molar-refractivity contribution is 5.13. The van der Waals surface area contributed by atoms with Gasteiger partial charge < -0.3 is 4.74 Å². The van der Waals surface area contributed by atoms with Crippen LogP contribution in [-0.2, 0) is 4.74 Å². The summed E-state index contributed by atoms with van der Waals surface area (Å²) in [6.07, 6.45) is 3.68. The summed E-state index contributed by atoms with van der Waals surface area (Å²) in [5.74, 6) is 0. The first-order valence-corrected chi connectivity index (χ1v) is 6.59. The molecule has 0 spiro atoms. The van der Waals surface area contributed by atoms with E-state index in [4.69, 9.17) is 4.74 Å². The fourth-order valence-corrected chi connectivity index (χ4v) is 3.33. The standard InChI is InChI=1S/C15H30O/c1-9-14(12(2,3)4)10-15(11-14,16-8)13(5,6)7/h9-11H2,1-8H3. The second-order valence-corrected chi connectivity index (χ2v) is 7.69. The normalized spacial score (nSPS) is 36.0. The molecule has 0 radical (unpaired) electrons. The Morgan fingerprint density at radius 1 is 0.938 bits per heavy atom. The molecule has 1 heteroatoms. The molecule has 1 fully saturated rings. The zero-order chi connectivity index (χ0) is 12.8. The molecule has 1 nitrogen and oxygen atoms in total. The van der Waals surface area contributed by atoms with Gasteiger partial charge in [0.2, 0.25) is 0 Å². The summed E-state index contributed by atoms with van der Waals surface area (Å²) in [6, 6.07) is 0. The van der Waals surface area contributed by atoms with E-state index in [0.717, 1.165) is 0 Å². The molecule has 0 saturated heterocycles. The van der Waals surface area contributed by atoms with E-state index in [1.807, 2.05) is 7.11 Å². The van der Waals surface area contributed by atoms with E-state index in [9.17, 15) is 0 Å². The van der Waals surface area contributed by atoms with E-state index < -0.39 is 0 Å². The van der Waals surface area contributed by atoms with Crippen LogP contribution in [0.3, 0.4) is 0 Å². The van der Waals surface area contributed by atoms with Gasteiger partial charge in [0, 0.05) is 7.11 Å². The molecule has 1 saturated carbocycles. The van der Waals surface area contributed by atoms with Crippen LogP contribution < -0.4 is 0 Å². The summed E-state index contributed by atoms with van der Waals surface area (Å²) < 4.78 is 5.89. The molecule has 0 unspecified atom stereocenters. The molecule has 0 heterocycles. The summed E-state index contributed by atoms with van der Waals surface area (Å²) in [5.41, 5.74) is 1.19. The van der Waals surface area contributed by atoms with Crippen LogP contribution in [0.15, 0.2) is 0 Å². The Labute approximate surface area is 102 Å². The molecule has 96 valence electrons. The van der Waals surface area contributed by atoms with E-state index in [1.54, 1.807) is 0 Å². The molecule has 1 rings (SSSR count). The van der Waals surface area contributed by atoms with Gasteiger partial charge in [0.05, 0.1) is 5.60 Å². The number of hydrogen-bond acceptors (Lipinski definition) is 1. The highest BCUT2D eigenvalue weighted by Crippen LogP contribution is 2.65. The van der Waals surface area contributed by atoms with E-state index >= 15 is 0 Å². The Bertz CT molecular complexity index is 220. The number of rotatable bonds is 2. The molecule has 0 N–H and O–H groups in total. The van der Waals surface area contributed by atoms with Crippen molar-refractivity contribution in [1.29, 1.82) is 0 Å². The van der Waals surface area contributed by atoms with Crippen molar-refractivity contribution in [3.63, 3.8) is 0 Å². The minimum absolute atomic E-state index is 0.0935. The van der Waals surface area contributed by atoms with Crippen molar-refractivity contribution in [2.75, 3.05) is 7.11 Å². The first-order valence-electron chi connectivity index (χ1n) is 6.59. The van der Waals surface area contributed by atoms with Gasteiger partial charge in [-0.05, 0) is 35.5 Å². The van der Waals surface area contributed by atoms with Gasteiger partial charge in [-0.25, -0.2) is 0 Å². The summed E-state index contributed by atoms with van der Waals surface area (Å²) in [4.78, 5) is 0. The lowest BCUT2D eigenvalue weighted by atomic mass is 9.43.